The van der Waals surface area contributed by atoms with Crippen LogP contribution in [0.4, 0.5) is 5.82 Å². The Hall–Kier alpha value is -1.13. The van der Waals surface area contributed by atoms with Crippen LogP contribution < -0.4 is 10.6 Å². The van der Waals surface area contributed by atoms with Gasteiger partial charge in [0, 0.05) is 36.9 Å². The van der Waals surface area contributed by atoms with Gasteiger partial charge in [0.2, 0.25) is 0 Å². The van der Waals surface area contributed by atoms with Crippen LogP contribution in [0.25, 0.3) is 0 Å². The van der Waals surface area contributed by atoms with E-state index in [9.17, 15) is 0 Å². The molecule has 1 aromatic rings. The second-order valence-electron chi connectivity index (χ2n) is 5.39. The van der Waals surface area contributed by atoms with E-state index in [4.69, 9.17) is 10.7 Å². The van der Waals surface area contributed by atoms with Gasteiger partial charge in [0.1, 0.15) is 5.82 Å². The van der Waals surface area contributed by atoms with Crippen molar-refractivity contribution in [2.24, 2.45) is 5.73 Å². The molecule has 1 atom stereocenters. The molecule has 1 fully saturated rings. The van der Waals surface area contributed by atoms with Gasteiger partial charge in [0.05, 0.1) is 0 Å². The zero-order valence-electron chi connectivity index (χ0n) is 11.7. The molecule has 1 saturated heterocycles. The summed E-state index contributed by atoms with van der Waals surface area (Å²) in [7, 11) is 4.26. The summed E-state index contributed by atoms with van der Waals surface area (Å²) in [5, 5.41) is 0. The lowest BCUT2D eigenvalue weighted by atomic mass is 10.2. The van der Waals surface area contributed by atoms with Crippen molar-refractivity contribution in [3.05, 3.63) is 23.4 Å². The van der Waals surface area contributed by atoms with Crippen molar-refractivity contribution in [1.82, 2.24) is 9.88 Å². The fourth-order valence-corrected chi connectivity index (χ4v) is 2.71. The van der Waals surface area contributed by atoms with Gasteiger partial charge in [-0.05, 0) is 39.9 Å². The minimum atomic E-state index is 0.563. The normalized spacial score (nSPS) is 19.8. The number of nitrogens with two attached hydrogens (primary N) is 1. The molecule has 1 unspecified atom stereocenters. The summed E-state index contributed by atoms with van der Waals surface area (Å²) in [6.07, 6.45) is 2.50. The maximum Gasteiger partial charge on any atom is 0.133 e. The van der Waals surface area contributed by atoms with Crippen LogP contribution in [0, 0.1) is 6.92 Å². The standard InChI is InChI=1S/C14H24N4/c1-11-6-7-12(9-15)14(16-11)18-8-4-5-13(18)10-17(2)3/h6-7,13H,4-5,8-10,15H2,1-3H3. The highest BCUT2D eigenvalue weighted by Gasteiger charge is 2.27. The Kier molecular flexibility index (Phi) is 4.19. The van der Waals surface area contributed by atoms with E-state index < -0.39 is 0 Å². The minimum Gasteiger partial charge on any atom is -0.352 e. The van der Waals surface area contributed by atoms with Crippen LogP contribution in [0.2, 0.25) is 0 Å². The van der Waals surface area contributed by atoms with E-state index in [0.29, 0.717) is 12.6 Å². The lowest BCUT2D eigenvalue weighted by Crippen LogP contribution is -2.38. The number of pyridine rings is 1. The number of anilines is 1. The summed E-state index contributed by atoms with van der Waals surface area (Å²) in [5.74, 6) is 1.10. The highest BCUT2D eigenvalue weighted by atomic mass is 15.3. The molecule has 0 aromatic carbocycles. The molecule has 0 radical (unpaired) electrons. The summed E-state index contributed by atoms with van der Waals surface area (Å²) in [4.78, 5) is 9.40. The lowest BCUT2D eigenvalue weighted by Gasteiger charge is -2.29. The van der Waals surface area contributed by atoms with Crippen LogP contribution in [-0.4, -0.2) is 43.1 Å². The topological polar surface area (TPSA) is 45.4 Å². The Balaban J connectivity index is 2.26. The van der Waals surface area contributed by atoms with E-state index in [-0.39, 0.29) is 0 Å². The molecule has 0 spiro atoms. The second kappa shape index (κ2) is 5.67. The monoisotopic (exact) mass is 248 g/mol. The van der Waals surface area contributed by atoms with Gasteiger partial charge in [-0.15, -0.1) is 0 Å². The third kappa shape index (κ3) is 2.82. The highest BCUT2D eigenvalue weighted by molar-refractivity contribution is 5.49. The third-order valence-electron chi connectivity index (χ3n) is 3.54. The summed E-state index contributed by atoms with van der Waals surface area (Å²) < 4.78 is 0. The average Bonchev–Trinajstić information content (AvgIpc) is 2.76. The van der Waals surface area contributed by atoms with E-state index in [1.807, 2.05) is 13.0 Å². The fraction of sp³-hybridized carbons (Fsp3) is 0.643. The smallest absolute Gasteiger partial charge is 0.133 e. The SMILES string of the molecule is Cc1ccc(CN)c(N2CCCC2CN(C)C)n1. The first-order chi connectivity index (χ1) is 8.61. The van der Waals surface area contributed by atoms with E-state index in [1.54, 1.807) is 0 Å². The maximum atomic E-state index is 5.84. The van der Waals surface area contributed by atoms with Gasteiger partial charge in [-0.25, -0.2) is 4.98 Å². The van der Waals surface area contributed by atoms with Crippen LogP contribution in [0.3, 0.4) is 0 Å². The van der Waals surface area contributed by atoms with Gasteiger partial charge in [-0.1, -0.05) is 6.07 Å². The Labute approximate surface area is 110 Å². The highest BCUT2D eigenvalue weighted by Crippen LogP contribution is 2.27. The van der Waals surface area contributed by atoms with E-state index >= 15 is 0 Å². The molecule has 2 heterocycles. The summed E-state index contributed by atoms with van der Waals surface area (Å²) >= 11 is 0. The lowest BCUT2D eigenvalue weighted by molar-refractivity contribution is 0.371. The number of likely N-dealkylation sites (N-methyl/N-ethyl adjacent to an activating group) is 1. The van der Waals surface area contributed by atoms with Crippen LogP contribution in [0.1, 0.15) is 24.1 Å². The maximum absolute atomic E-state index is 5.84. The molecule has 1 aliphatic heterocycles. The quantitative estimate of drug-likeness (QED) is 0.874. The van der Waals surface area contributed by atoms with Gasteiger partial charge >= 0.3 is 0 Å². The Morgan fingerprint density at radius 1 is 1.44 bits per heavy atom. The van der Waals surface area contributed by atoms with Crippen molar-refractivity contribution < 1.29 is 0 Å². The first kappa shape index (κ1) is 13.3. The molecule has 0 saturated carbocycles. The van der Waals surface area contributed by atoms with Crippen molar-refractivity contribution in [3.8, 4) is 0 Å². The molecule has 18 heavy (non-hydrogen) atoms. The van der Waals surface area contributed by atoms with Gasteiger partial charge in [-0.3, -0.25) is 0 Å². The Morgan fingerprint density at radius 3 is 2.89 bits per heavy atom. The predicted molar refractivity (Wildman–Crippen MR) is 75.8 cm³/mol. The molecule has 0 aliphatic carbocycles. The number of aromatic nitrogens is 1. The first-order valence-electron chi connectivity index (χ1n) is 6.69. The molecule has 100 valence electrons. The van der Waals surface area contributed by atoms with Crippen molar-refractivity contribution in [1.29, 1.82) is 0 Å². The van der Waals surface area contributed by atoms with Crippen LogP contribution in [0.5, 0.6) is 0 Å². The van der Waals surface area contributed by atoms with Gasteiger partial charge in [-0.2, -0.15) is 0 Å². The molecule has 1 aliphatic rings. The van der Waals surface area contributed by atoms with Crippen molar-refractivity contribution in [2.45, 2.75) is 32.4 Å². The average molecular weight is 248 g/mol. The summed E-state index contributed by atoms with van der Waals surface area (Å²) in [6.45, 7) is 4.79. The number of hydrogen-bond donors (Lipinski definition) is 1. The van der Waals surface area contributed by atoms with Gasteiger partial charge in [0.25, 0.3) is 0 Å². The van der Waals surface area contributed by atoms with E-state index in [1.165, 1.54) is 12.8 Å². The number of hydrogen-bond acceptors (Lipinski definition) is 4. The van der Waals surface area contributed by atoms with Crippen molar-refractivity contribution in [2.75, 3.05) is 32.1 Å². The summed E-state index contributed by atoms with van der Waals surface area (Å²) in [6, 6.07) is 4.73. The molecule has 4 heteroatoms. The van der Waals surface area contributed by atoms with Gasteiger partial charge < -0.3 is 15.5 Å². The molecule has 0 bridgehead atoms. The van der Waals surface area contributed by atoms with Crippen LogP contribution in [-0.2, 0) is 6.54 Å². The molecule has 1 aromatic heterocycles. The molecule has 0 amide bonds. The molecular weight excluding hydrogens is 224 g/mol. The summed E-state index contributed by atoms with van der Waals surface area (Å²) in [5.41, 5.74) is 8.06. The van der Waals surface area contributed by atoms with Crippen LogP contribution >= 0.6 is 0 Å². The van der Waals surface area contributed by atoms with Crippen LogP contribution in [0.15, 0.2) is 12.1 Å². The van der Waals surface area contributed by atoms with Gasteiger partial charge in [0.15, 0.2) is 0 Å². The predicted octanol–water partition coefficient (Wildman–Crippen LogP) is 1.38. The van der Waals surface area contributed by atoms with E-state index in [0.717, 1.165) is 30.2 Å². The second-order valence-corrected chi connectivity index (χ2v) is 5.39. The largest absolute Gasteiger partial charge is 0.352 e. The Morgan fingerprint density at radius 2 is 2.22 bits per heavy atom. The number of nitrogens with zero attached hydrogens (tertiary/aromatic N) is 3. The minimum absolute atomic E-state index is 0.563. The number of aryl methyl sites for hydroxylation is 1. The zero-order chi connectivity index (χ0) is 13.1. The molecule has 2 rings (SSSR count). The molecule has 4 nitrogen and oxygen atoms in total. The molecule has 2 N–H and O–H groups in total. The fourth-order valence-electron chi connectivity index (χ4n) is 2.71. The first-order valence-corrected chi connectivity index (χ1v) is 6.69. The Bertz CT molecular complexity index is 403. The van der Waals surface area contributed by atoms with E-state index in [2.05, 4.69) is 30.0 Å². The number of rotatable bonds is 4. The van der Waals surface area contributed by atoms with Crippen molar-refractivity contribution in [3.63, 3.8) is 0 Å². The zero-order valence-corrected chi connectivity index (χ0v) is 11.7. The molecular formula is C14H24N4. The third-order valence-corrected chi connectivity index (χ3v) is 3.54. The van der Waals surface area contributed by atoms with Crippen molar-refractivity contribution >= 4 is 5.82 Å².